The molecule has 20 heavy (non-hydrogen) atoms. The van der Waals surface area contributed by atoms with Crippen LogP contribution in [0, 0.1) is 13.8 Å². The average Bonchev–Trinajstić information content (AvgIpc) is 2.46. The lowest BCUT2D eigenvalue weighted by Gasteiger charge is -2.18. The predicted octanol–water partition coefficient (Wildman–Crippen LogP) is 3.90. The monoisotopic (exact) mass is 262 g/mol. The van der Waals surface area contributed by atoms with Crippen LogP contribution in [-0.4, -0.2) is 4.98 Å². The van der Waals surface area contributed by atoms with Gasteiger partial charge in [0, 0.05) is 11.6 Å². The molecular formula is C18H18N2. The van der Waals surface area contributed by atoms with Crippen molar-refractivity contribution in [2.45, 2.75) is 19.9 Å². The molecule has 0 aliphatic heterocycles. The van der Waals surface area contributed by atoms with Crippen LogP contribution in [0.1, 0.15) is 28.3 Å². The van der Waals surface area contributed by atoms with Crippen LogP contribution in [-0.2, 0) is 0 Å². The number of fused-ring (bicyclic) bond motifs is 1. The van der Waals surface area contributed by atoms with Crippen molar-refractivity contribution in [1.29, 1.82) is 0 Å². The zero-order valence-electron chi connectivity index (χ0n) is 11.8. The average molecular weight is 262 g/mol. The summed E-state index contributed by atoms with van der Waals surface area (Å²) in [5, 5.41) is 1.14. The molecule has 0 amide bonds. The summed E-state index contributed by atoms with van der Waals surface area (Å²) < 4.78 is 0. The highest BCUT2D eigenvalue weighted by atomic mass is 14.7. The van der Waals surface area contributed by atoms with Gasteiger partial charge in [0.15, 0.2) is 0 Å². The zero-order chi connectivity index (χ0) is 14.1. The Morgan fingerprint density at radius 3 is 2.45 bits per heavy atom. The third-order valence-electron chi connectivity index (χ3n) is 3.84. The Bertz CT molecular complexity index is 742. The molecule has 3 aromatic rings. The molecule has 0 spiro atoms. The van der Waals surface area contributed by atoms with E-state index in [0.29, 0.717) is 0 Å². The maximum atomic E-state index is 6.48. The number of rotatable bonds is 2. The van der Waals surface area contributed by atoms with Crippen LogP contribution in [0.25, 0.3) is 10.9 Å². The maximum absolute atomic E-state index is 6.48. The minimum atomic E-state index is -0.109. The molecule has 1 heterocycles. The third kappa shape index (κ3) is 2.19. The van der Waals surface area contributed by atoms with Gasteiger partial charge in [-0.2, -0.15) is 0 Å². The van der Waals surface area contributed by atoms with E-state index in [1.54, 1.807) is 0 Å². The SMILES string of the molecule is Cc1cccc(C)c1C(N)c1ccc2cccnc2c1. The van der Waals surface area contributed by atoms with Crippen molar-refractivity contribution in [2.24, 2.45) is 5.73 Å². The molecule has 1 atom stereocenters. The first kappa shape index (κ1) is 12.8. The highest BCUT2D eigenvalue weighted by Gasteiger charge is 2.14. The van der Waals surface area contributed by atoms with Crippen LogP contribution in [0.4, 0.5) is 0 Å². The number of benzene rings is 2. The van der Waals surface area contributed by atoms with E-state index in [1.807, 2.05) is 12.3 Å². The quantitative estimate of drug-likeness (QED) is 0.760. The number of nitrogens with zero attached hydrogens (tertiary/aromatic N) is 1. The number of hydrogen-bond donors (Lipinski definition) is 1. The molecule has 0 saturated carbocycles. The fourth-order valence-electron chi connectivity index (χ4n) is 2.76. The second kappa shape index (κ2) is 5.06. The number of pyridine rings is 1. The van der Waals surface area contributed by atoms with Gasteiger partial charge < -0.3 is 5.73 Å². The van der Waals surface area contributed by atoms with Gasteiger partial charge in [-0.1, -0.05) is 36.4 Å². The fraction of sp³-hybridized carbons (Fsp3) is 0.167. The Labute approximate surface area is 119 Å². The number of aromatic nitrogens is 1. The molecule has 2 N–H and O–H groups in total. The second-order valence-corrected chi connectivity index (χ2v) is 5.24. The highest BCUT2D eigenvalue weighted by Crippen LogP contribution is 2.27. The minimum Gasteiger partial charge on any atom is -0.320 e. The Balaban J connectivity index is 2.10. The Kier molecular flexibility index (Phi) is 3.25. The first-order valence-corrected chi connectivity index (χ1v) is 6.83. The molecule has 0 saturated heterocycles. The summed E-state index contributed by atoms with van der Waals surface area (Å²) in [6.07, 6.45) is 1.82. The molecule has 2 aromatic carbocycles. The summed E-state index contributed by atoms with van der Waals surface area (Å²) in [6, 6.07) is 16.5. The molecule has 100 valence electrons. The second-order valence-electron chi connectivity index (χ2n) is 5.24. The highest BCUT2D eigenvalue weighted by molar-refractivity contribution is 5.79. The molecule has 2 nitrogen and oxygen atoms in total. The van der Waals surface area contributed by atoms with Crippen molar-refractivity contribution in [3.8, 4) is 0 Å². The van der Waals surface area contributed by atoms with Crippen LogP contribution in [0.3, 0.4) is 0 Å². The van der Waals surface area contributed by atoms with Crippen LogP contribution < -0.4 is 5.73 Å². The van der Waals surface area contributed by atoms with E-state index in [9.17, 15) is 0 Å². The molecule has 2 heteroatoms. The van der Waals surface area contributed by atoms with Gasteiger partial charge in [0.2, 0.25) is 0 Å². The van der Waals surface area contributed by atoms with Gasteiger partial charge >= 0.3 is 0 Å². The smallest absolute Gasteiger partial charge is 0.0705 e. The topological polar surface area (TPSA) is 38.9 Å². The lowest BCUT2D eigenvalue weighted by atomic mass is 9.91. The van der Waals surface area contributed by atoms with Crippen LogP contribution in [0.15, 0.2) is 54.7 Å². The molecule has 0 radical (unpaired) electrons. The predicted molar refractivity (Wildman–Crippen MR) is 83.7 cm³/mol. The largest absolute Gasteiger partial charge is 0.320 e. The Hall–Kier alpha value is -2.19. The van der Waals surface area contributed by atoms with E-state index >= 15 is 0 Å². The van der Waals surface area contributed by atoms with Crippen LogP contribution in [0.5, 0.6) is 0 Å². The van der Waals surface area contributed by atoms with Gasteiger partial charge in [0.05, 0.1) is 11.6 Å². The van der Waals surface area contributed by atoms with Gasteiger partial charge in [-0.05, 0) is 48.2 Å². The Morgan fingerprint density at radius 2 is 1.70 bits per heavy atom. The summed E-state index contributed by atoms with van der Waals surface area (Å²) in [4.78, 5) is 4.41. The van der Waals surface area contributed by atoms with E-state index in [4.69, 9.17) is 5.73 Å². The summed E-state index contributed by atoms with van der Waals surface area (Å²) in [5.74, 6) is 0. The summed E-state index contributed by atoms with van der Waals surface area (Å²) >= 11 is 0. The van der Waals surface area contributed by atoms with E-state index in [0.717, 1.165) is 16.5 Å². The van der Waals surface area contributed by atoms with E-state index in [2.05, 4.69) is 61.3 Å². The summed E-state index contributed by atoms with van der Waals surface area (Å²) in [6.45, 7) is 4.23. The zero-order valence-corrected chi connectivity index (χ0v) is 11.8. The maximum Gasteiger partial charge on any atom is 0.0705 e. The van der Waals surface area contributed by atoms with Crippen LogP contribution in [0.2, 0.25) is 0 Å². The molecule has 1 unspecified atom stereocenters. The number of nitrogens with two attached hydrogens (primary N) is 1. The van der Waals surface area contributed by atoms with Crippen molar-refractivity contribution in [3.63, 3.8) is 0 Å². The molecule has 0 aliphatic carbocycles. The molecule has 0 fully saturated rings. The van der Waals surface area contributed by atoms with Crippen LogP contribution >= 0.6 is 0 Å². The molecule has 0 bridgehead atoms. The minimum absolute atomic E-state index is 0.109. The summed E-state index contributed by atoms with van der Waals surface area (Å²) in [5.41, 5.74) is 12.3. The first-order valence-electron chi connectivity index (χ1n) is 6.83. The first-order chi connectivity index (χ1) is 9.66. The molecular weight excluding hydrogens is 244 g/mol. The lowest BCUT2D eigenvalue weighted by molar-refractivity contribution is 0.853. The number of aryl methyl sites for hydroxylation is 2. The van der Waals surface area contributed by atoms with Gasteiger partial charge in [0.1, 0.15) is 0 Å². The third-order valence-corrected chi connectivity index (χ3v) is 3.84. The van der Waals surface area contributed by atoms with E-state index in [1.165, 1.54) is 16.7 Å². The van der Waals surface area contributed by atoms with E-state index in [-0.39, 0.29) is 6.04 Å². The van der Waals surface area contributed by atoms with Crippen molar-refractivity contribution in [3.05, 3.63) is 77.0 Å². The van der Waals surface area contributed by atoms with Gasteiger partial charge in [-0.15, -0.1) is 0 Å². The molecule has 3 rings (SSSR count). The van der Waals surface area contributed by atoms with Crippen molar-refractivity contribution in [1.82, 2.24) is 4.98 Å². The van der Waals surface area contributed by atoms with Crippen molar-refractivity contribution < 1.29 is 0 Å². The fourth-order valence-corrected chi connectivity index (χ4v) is 2.76. The summed E-state index contributed by atoms with van der Waals surface area (Å²) in [7, 11) is 0. The standard InChI is InChI=1S/C18H18N2/c1-12-5-3-6-13(2)17(12)18(19)15-9-8-14-7-4-10-20-16(14)11-15/h3-11,18H,19H2,1-2H3. The van der Waals surface area contributed by atoms with Gasteiger partial charge in [-0.3, -0.25) is 4.98 Å². The molecule has 1 aromatic heterocycles. The molecule has 0 aliphatic rings. The van der Waals surface area contributed by atoms with Crippen molar-refractivity contribution >= 4 is 10.9 Å². The Morgan fingerprint density at radius 1 is 0.950 bits per heavy atom. The normalized spacial score (nSPS) is 12.6. The number of hydrogen-bond acceptors (Lipinski definition) is 2. The van der Waals surface area contributed by atoms with Crippen molar-refractivity contribution in [2.75, 3.05) is 0 Å². The van der Waals surface area contributed by atoms with Gasteiger partial charge in [-0.25, -0.2) is 0 Å². The van der Waals surface area contributed by atoms with Gasteiger partial charge in [0.25, 0.3) is 0 Å². The lowest BCUT2D eigenvalue weighted by Crippen LogP contribution is -2.14. The van der Waals surface area contributed by atoms with E-state index < -0.39 is 0 Å².